The van der Waals surface area contributed by atoms with E-state index in [0.29, 0.717) is 50.8 Å². The van der Waals surface area contributed by atoms with E-state index in [1.54, 1.807) is 18.4 Å². The minimum atomic E-state index is 0.0362. The molecule has 0 bridgehead atoms. The number of amides is 1. The lowest BCUT2D eigenvalue weighted by Gasteiger charge is -2.37. The number of hydrogen-bond acceptors (Lipinski definition) is 7. The molecule has 8 heteroatoms. The first-order valence-electron chi connectivity index (χ1n) is 11.1. The van der Waals surface area contributed by atoms with Crippen LogP contribution in [0.5, 0.6) is 11.5 Å². The number of aryl methyl sites for hydroxylation is 1. The summed E-state index contributed by atoms with van der Waals surface area (Å²) in [6, 6.07) is 5.87. The molecule has 1 atom stereocenters. The molecule has 2 fully saturated rings. The lowest BCUT2D eigenvalue weighted by molar-refractivity contribution is -0.132. The van der Waals surface area contributed by atoms with E-state index in [1.807, 2.05) is 35.4 Å². The van der Waals surface area contributed by atoms with Crippen LogP contribution in [0.15, 0.2) is 23.6 Å². The number of carbonyl (C=O) groups is 1. The second-order valence-corrected chi connectivity index (χ2v) is 10.1. The molecule has 2 saturated heterocycles. The maximum Gasteiger partial charge on any atom is 0.229 e. The molecule has 0 radical (unpaired) electrons. The van der Waals surface area contributed by atoms with Crippen molar-refractivity contribution in [2.45, 2.75) is 45.8 Å². The maximum absolute atomic E-state index is 13.2. The molecule has 2 aromatic rings. The highest BCUT2D eigenvalue weighted by Gasteiger charge is 2.34. The van der Waals surface area contributed by atoms with Gasteiger partial charge < -0.3 is 23.8 Å². The van der Waals surface area contributed by atoms with Gasteiger partial charge in [0.2, 0.25) is 5.91 Å². The monoisotopic (exact) mass is 460 g/mol. The second-order valence-electron chi connectivity index (χ2n) is 9.02. The van der Waals surface area contributed by atoms with Gasteiger partial charge in [0, 0.05) is 30.5 Å². The fourth-order valence-electron chi connectivity index (χ4n) is 3.98. The molecule has 0 saturated carbocycles. The Labute approximate surface area is 193 Å². The van der Waals surface area contributed by atoms with Gasteiger partial charge in [-0.3, -0.25) is 4.79 Å². The van der Waals surface area contributed by atoms with Crippen LogP contribution in [0, 0.1) is 12.3 Å². The highest BCUT2D eigenvalue weighted by atomic mass is 32.1. The first-order valence-corrected chi connectivity index (χ1v) is 12.0. The van der Waals surface area contributed by atoms with Crippen molar-refractivity contribution in [2.24, 2.45) is 5.41 Å². The van der Waals surface area contributed by atoms with Gasteiger partial charge in [-0.2, -0.15) is 0 Å². The molecule has 0 spiro atoms. The highest BCUT2D eigenvalue weighted by molar-refractivity contribution is 7.09. The number of ether oxygens (including phenoxy) is 4. The van der Waals surface area contributed by atoms with Crippen molar-refractivity contribution in [1.82, 2.24) is 9.88 Å². The Balaban J connectivity index is 1.48. The molecule has 174 valence electrons. The Morgan fingerprint density at radius 2 is 2.19 bits per heavy atom. The standard InChI is InChI=1S/C24H32N2O5S/c1-17-25-19(13-32-17)10-23(27)26(12-20-5-4-8-30-20)11-18-6-7-21(28-3)22(9-18)31-16-24(2)14-29-15-24/h6-7,9,13,20H,4-5,8,10-12,14-16H2,1-3H3/t20-/m0/s1. The van der Waals surface area contributed by atoms with E-state index >= 15 is 0 Å². The topological polar surface area (TPSA) is 70.1 Å². The van der Waals surface area contributed by atoms with E-state index < -0.39 is 0 Å². The lowest BCUT2D eigenvalue weighted by Crippen LogP contribution is -2.44. The Hall–Kier alpha value is -2.16. The third kappa shape index (κ3) is 5.79. The number of thiazole rings is 1. The molecule has 32 heavy (non-hydrogen) atoms. The van der Waals surface area contributed by atoms with Crippen molar-refractivity contribution in [3.8, 4) is 11.5 Å². The van der Waals surface area contributed by atoms with Gasteiger partial charge >= 0.3 is 0 Å². The zero-order valence-electron chi connectivity index (χ0n) is 19.1. The molecular weight excluding hydrogens is 428 g/mol. The van der Waals surface area contributed by atoms with Gasteiger partial charge in [-0.05, 0) is 37.5 Å². The summed E-state index contributed by atoms with van der Waals surface area (Å²) in [5.41, 5.74) is 1.86. The van der Waals surface area contributed by atoms with Crippen LogP contribution in [0.4, 0.5) is 0 Å². The molecule has 1 amide bonds. The molecule has 1 aromatic carbocycles. The van der Waals surface area contributed by atoms with Crippen molar-refractivity contribution in [3.63, 3.8) is 0 Å². The van der Waals surface area contributed by atoms with Crippen LogP contribution < -0.4 is 9.47 Å². The number of benzene rings is 1. The van der Waals surface area contributed by atoms with Gasteiger partial charge in [0.25, 0.3) is 0 Å². The Kier molecular flexibility index (Phi) is 7.33. The molecule has 3 heterocycles. The first-order chi connectivity index (χ1) is 15.4. The molecular formula is C24H32N2O5S. The van der Waals surface area contributed by atoms with Crippen LogP contribution in [0.2, 0.25) is 0 Å². The summed E-state index contributed by atoms with van der Waals surface area (Å²) < 4.78 is 22.7. The van der Waals surface area contributed by atoms with E-state index in [1.165, 1.54) is 0 Å². The Morgan fingerprint density at radius 1 is 1.34 bits per heavy atom. The van der Waals surface area contributed by atoms with Crippen molar-refractivity contribution >= 4 is 17.2 Å². The lowest BCUT2D eigenvalue weighted by atomic mass is 9.90. The van der Waals surface area contributed by atoms with E-state index in [0.717, 1.165) is 35.7 Å². The molecule has 0 aliphatic carbocycles. The summed E-state index contributed by atoms with van der Waals surface area (Å²) in [6.45, 7) is 7.91. The number of hydrogen-bond donors (Lipinski definition) is 0. The average molecular weight is 461 g/mol. The average Bonchev–Trinajstić information content (AvgIpc) is 3.42. The zero-order valence-corrected chi connectivity index (χ0v) is 19.9. The minimum Gasteiger partial charge on any atom is -0.493 e. The van der Waals surface area contributed by atoms with Crippen LogP contribution in [0.3, 0.4) is 0 Å². The van der Waals surface area contributed by atoms with E-state index in [-0.39, 0.29) is 17.4 Å². The van der Waals surface area contributed by atoms with Crippen molar-refractivity contribution < 1.29 is 23.7 Å². The van der Waals surface area contributed by atoms with Crippen molar-refractivity contribution in [3.05, 3.63) is 39.8 Å². The molecule has 2 aliphatic heterocycles. The largest absolute Gasteiger partial charge is 0.493 e. The second kappa shape index (κ2) is 10.2. The van der Waals surface area contributed by atoms with Gasteiger partial charge in [-0.25, -0.2) is 4.98 Å². The number of rotatable bonds is 10. The summed E-state index contributed by atoms with van der Waals surface area (Å²) in [5, 5.41) is 2.93. The van der Waals surface area contributed by atoms with Crippen molar-refractivity contribution in [2.75, 3.05) is 40.1 Å². The minimum absolute atomic E-state index is 0.0362. The van der Waals surface area contributed by atoms with Gasteiger partial charge in [-0.15, -0.1) is 11.3 Å². The zero-order chi connectivity index (χ0) is 22.6. The summed E-state index contributed by atoms with van der Waals surface area (Å²) in [4.78, 5) is 19.5. The smallest absolute Gasteiger partial charge is 0.229 e. The van der Waals surface area contributed by atoms with E-state index in [9.17, 15) is 4.79 Å². The van der Waals surface area contributed by atoms with Crippen LogP contribution in [-0.4, -0.2) is 62.0 Å². The summed E-state index contributed by atoms with van der Waals surface area (Å²) >= 11 is 1.57. The van der Waals surface area contributed by atoms with Gasteiger partial charge in [0.15, 0.2) is 11.5 Å². The number of carbonyl (C=O) groups excluding carboxylic acids is 1. The van der Waals surface area contributed by atoms with Crippen LogP contribution in [0.25, 0.3) is 0 Å². The normalized spacial score (nSPS) is 19.4. The quantitative estimate of drug-likeness (QED) is 0.539. The van der Waals surface area contributed by atoms with Gasteiger partial charge in [0.1, 0.15) is 0 Å². The van der Waals surface area contributed by atoms with Gasteiger partial charge in [0.05, 0.1) is 50.2 Å². The first kappa shape index (κ1) is 23.0. The predicted octanol–water partition coefficient (Wildman–Crippen LogP) is 3.63. The summed E-state index contributed by atoms with van der Waals surface area (Å²) in [6.07, 6.45) is 2.41. The van der Waals surface area contributed by atoms with Crippen LogP contribution in [0.1, 0.15) is 36.0 Å². The Bertz CT molecular complexity index is 921. The van der Waals surface area contributed by atoms with E-state index in [4.69, 9.17) is 18.9 Å². The molecule has 0 N–H and O–H groups in total. The van der Waals surface area contributed by atoms with Gasteiger partial charge in [-0.1, -0.05) is 13.0 Å². The fourth-order valence-corrected chi connectivity index (χ4v) is 4.60. The summed E-state index contributed by atoms with van der Waals surface area (Å²) in [7, 11) is 1.64. The molecule has 1 aromatic heterocycles. The van der Waals surface area contributed by atoms with Crippen molar-refractivity contribution in [1.29, 1.82) is 0 Å². The predicted molar refractivity (Wildman–Crippen MR) is 122 cm³/mol. The van der Waals surface area contributed by atoms with Crippen LogP contribution in [-0.2, 0) is 27.2 Å². The molecule has 0 unspecified atom stereocenters. The number of methoxy groups -OCH3 is 1. The van der Waals surface area contributed by atoms with Crippen LogP contribution >= 0.6 is 11.3 Å². The van der Waals surface area contributed by atoms with E-state index in [2.05, 4.69) is 11.9 Å². The molecule has 2 aliphatic rings. The highest BCUT2D eigenvalue weighted by Crippen LogP contribution is 2.33. The number of aromatic nitrogens is 1. The molecule has 7 nitrogen and oxygen atoms in total. The summed E-state index contributed by atoms with van der Waals surface area (Å²) in [5.74, 6) is 1.44. The SMILES string of the molecule is COc1ccc(CN(C[C@@H]2CCCO2)C(=O)Cc2csc(C)n2)cc1OCC1(C)COC1. The maximum atomic E-state index is 13.2. The number of nitrogens with zero attached hydrogens (tertiary/aromatic N) is 2. The molecule has 4 rings (SSSR count). The Morgan fingerprint density at radius 3 is 2.81 bits per heavy atom. The fraction of sp³-hybridized carbons (Fsp3) is 0.583. The third-order valence-electron chi connectivity index (χ3n) is 5.88. The third-order valence-corrected chi connectivity index (χ3v) is 6.70.